The van der Waals surface area contributed by atoms with Crippen molar-refractivity contribution in [3.8, 4) is 11.3 Å². The van der Waals surface area contributed by atoms with Gasteiger partial charge in [0.2, 0.25) is 0 Å². The lowest BCUT2D eigenvalue weighted by Crippen LogP contribution is -2.04. The molecule has 1 N–H and O–H groups in total. The maximum atomic E-state index is 4.30. The molecule has 0 saturated heterocycles. The van der Waals surface area contributed by atoms with Crippen molar-refractivity contribution < 1.29 is 0 Å². The van der Waals surface area contributed by atoms with Gasteiger partial charge in [0.15, 0.2) is 0 Å². The molecule has 0 fully saturated rings. The fourth-order valence-corrected chi connectivity index (χ4v) is 1.88. The van der Waals surface area contributed by atoms with E-state index in [1.165, 1.54) is 16.8 Å². The first-order valence-electron chi connectivity index (χ1n) is 4.40. The molecule has 3 nitrogen and oxygen atoms in total. The zero-order chi connectivity index (χ0) is 8.67. The summed E-state index contributed by atoms with van der Waals surface area (Å²) in [5.41, 5.74) is 4.89. The number of H-pyrrole nitrogens is 1. The molecule has 13 heavy (non-hydrogen) atoms. The second-order valence-electron chi connectivity index (χ2n) is 3.27. The lowest BCUT2D eigenvalue weighted by atomic mass is 9.95. The van der Waals surface area contributed by atoms with Crippen LogP contribution < -0.4 is 0 Å². The highest BCUT2D eigenvalue weighted by Crippen LogP contribution is 2.29. The van der Waals surface area contributed by atoms with Gasteiger partial charge in [-0.25, -0.2) is 9.97 Å². The fraction of sp³-hybridized carbons (Fsp3) is 0.200. The summed E-state index contributed by atoms with van der Waals surface area (Å²) in [6.07, 6.45) is 7.62. The highest BCUT2D eigenvalue weighted by molar-refractivity contribution is 5.67. The third-order valence-electron chi connectivity index (χ3n) is 2.52. The van der Waals surface area contributed by atoms with Crippen LogP contribution in [0.5, 0.6) is 0 Å². The van der Waals surface area contributed by atoms with E-state index in [-0.39, 0.29) is 0 Å². The second-order valence-corrected chi connectivity index (χ2v) is 3.27. The number of aryl methyl sites for hydroxylation is 2. The number of hydrogen-bond acceptors (Lipinski definition) is 2. The number of hydrogen-bond donors (Lipinski definition) is 1. The van der Waals surface area contributed by atoms with Gasteiger partial charge >= 0.3 is 0 Å². The molecular formula is C10H9N3. The van der Waals surface area contributed by atoms with Crippen LogP contribution in [0.3, 0.4) is 0 Å². The standard InChI is InChI=1S/C10H9N3/c1-2-9-8(3-4-12-9)10-7(1)5-11-6-13-10/h3-6,12H,1-2H2. The predicted octanol–water partition coefficient (Wildman–Crippen LogP) is 1.57. The minimum absolute atomic E-state index is 1.05. The van der Waals surface area contributed by atoms with Crippen molar-refractivity contribution in [2.24, 2.45) is 0 Å². The first kappa shape index (κ1) is 6.83. The summed E-state index contributed by atoms with van der Waals surface area (Å²) in [4.78, 5) is 11.6. The van der Waals surface area contributed by atoms with E-state index in [2.05, 4.69) is 21.0 Å². The minimum Gasteiger partial charge on any atom is -0.364 e. The van der Waals surface area contributed by atoms with E-state index in [1.54, 1.807) is 6.33 Å². The molecule has 0 aliphatic heterocycles. The summed E-state index contributed by atoms with van der Waals surface area (Å²) < 4.78 is 0. The molecule has 2 aromatic rings. The van der Waals surface area contributed by atoms with Gasteiger partial charge in [-0.15, -0.1) is 0 Å². The van der Waals surface area contributed by atoms with Crippen LogP contribution >= 0.6 is 0 Å². The van der Waals surface area contributed by atoms with Gasteiger partial charge in [0.25, 0.3) is 0 Å². The Bertz CT molecular complexity index is 445. The Kier molecular flexibility index (Phi) is 1.27. The minimum atomic E-state index is 1.05. The van der Waals surface area contributed by atoms with Gasteiger partial charge in [-0.05, 0) is 24.5 Å². The van der Waals surface area contributed by atoms with E-state index in [1.807, 2.05) is 12.4 Å². The van der Waals surface area contributed by atoms with E-state index in [0.717, 1.165) is 18.5 Å². The van der Waals surface area contributed by atoms with Crippen LogP contribution in [-0.4, -0.2) is 15.0 Å². The summed E-state index contributed by atoms with van der Waals surface area (Å²) in [6.45, 7) is 0. The van der Waals surface area contributed by atoms with Gasteiger partial charge in [-0.1, -0.05) is 0 Å². The Morgan fingerprint density at radius 3 is 3.31 bits per heavy atom. The Morgan fingerprint density at radius 1 is 1.31 bits per heavy atom. The van der Waals surface area contributed by atoms with Crippen molar-refractivity contribution in [3.63, 3.8) is 0 Å². The molecule has 0 bridgehead atoms. The number of fused-ring (bicyclic) bond motifs is 3. The SMILES string of the molecule is c1ncc2c(n1)-c1cc[nH]c1CC2. The van der Waals surface area contributed by atoms with Gasteiger partial charge < -0.3 is 4.98 Å². The Morgan fingerprint density at radius 2 is 2.31 bits per heavy atom. The van der Waals surface area contributed by atoms with Crippen molar-refractivity contribution in [3.05, 3.63) is 36.0 Å². The predicted molar refractivity (Wildman–Crippen MR) is 49.2 cm³/mol. The molecule has 0 unspecified atom stereocenters. The molecule has 0 saturated carbocycles. The molecule has 1 aliphatic rings. The molecule has 2 heterocycles. The van der Waals surface area contributed by atoms with Crippen LogP contribution in [0, 0.1) is 0 Å². The quantitative estimate of drug-likeness (QED) is 0.653. The highest BCUT2D eigenvalue weighted by Gasteiger charge is 2.17. The molecule has 0 aromatic carbocycles. The van der Waals surface area contributed by atoms with Crippen LogP contribution in [-0.2, 0) is 12.8 Å². The van der Waals surface area contributed by atoms with E-state index in [9.17, 15) is 0 Å². The summed E-state index contributed by atoms with van der Waals surface area (Å²) in [7, 11) is 0. The third kappa shape index (κ3) is 0.900. The van der Waals surface area contributed by atoms with Crippen LogP contribution in [0.25, 0.3) is 11.3 Å². The van der Waals surface area contributed by atoms with E-state index in [0.29, 0.717) is 0 Å². The van der Waals surface area contributed by atoms with Crippen LogP contribution in [0.1, 0.15) is 11.3 Å². The summed E-state index contributed by atoms with van der Waals surface area (Å²) >= 11 is 0. The van der Waals surface area contributed by atoms with Crippen molar-refractivity contribution in [2.75, 3.05) is 0 Å². The Balaban J connectivity index is 2.30. The average Bonchev–Trinajstić information content (AvgIpc) is 2.65. The summed E-state index contributed by atoms with van der Waals surface area (Å²) in [5.74, 6) is 0. The van der Waals surface area contributed by atoms with Crippen LogP contribution in [0.4, 0.5) is 0 Å². The third-order valence-corrected chi connectivity index (χ3v) is 2.52. The highest BCUT2D eigenvalue weighted by atomic mass is 14.8. The molecule has 0 atom stereocenters. The fourth-order valence-electron chi connectivity index (χ4n) is 1.88. The smallest absolute Gasteiger partial charge is 0.116 e. The zero-order valence-corrected chi connectivity index (χ0v) is 7.12. The van der Waals surface area contributed by atoms with Crippen molar-refractivity contribution in [2.45, 2.75) is 12.8 Å². The number of nitrogens with zero attached hydrogens (tertiary/aromatic N) is 2. The molecule has 3 heteroatoms. The van der Waals surface area contributed by atoms with Crippen LogP contribution in [0.2, 0.25) is 0 Å². The molecule has 1 aliphatic carbocycles. The van der Waals surface area contributed by atoms with E-state index >= 15 is 0 Å². The van der Waals surface area contributed by atoms with Gasteiger partial charge in [-0.3, -0.25) is 0 Å². The van der Waals surface area contributed by atoms with Gasteiger partial charge in [0.05, 0.1) is 5.69 Å². The van der Waals surface area contributed by atoms with E-state index in [4.69, 9.17) is 0 Å². The van der Waals surface area contributed by atoms with Gasteiger partial charge in [0, 0.05) is 23.7 Å². The number of nitrogens with one attached hydrogen (secondary N) is 1. The average molecular weight is 171 g/mol. The first-order valence-corrected chi connectivity index (χ1v) is 4.40. The lowest BCUT2D eigenvalue weighted by molar-refractivity contribution is 0.885. The molecule has 3 rings (SSSR count). The zero-order valence-electron chi connectivity index (χ0n) is 7.12. The number of aromatic amines is 1. The Hall–Kier alpha value is -1.64. The molecule has 2 aromatic heterocycles. The largest absolute Gasteiger partial charge is 0.364 e. The maximum absolute atomic E-state index is 4.30. The van der Waals surface area contributed by atoms with Crippen LogP contribution in [0.15, 0.2) is 24.8 Å². The molecule has 0 amide bonds. The number of rotatable bonds is 0. The second kappa shape index (κ2) is 2.42. The molecule has 0 radical (unpaired) electrons. The van der Waals surface area contributed by atoms with Crippen molar-refractivity contribution in [1.82, 2.24) is 15.0 Å². The first-order chi connectivity index (χ1) is 6.45. The van der Waals surface area contributed by atoms with Crippen molar-refractivity contribution in [1.29, 1.82) is 0 Å². The maximum Gasteiger partial charge on any atom is 0.116 e. The number of aromatic nitrogens is 3. The summed E-state index contributed by atoms with van der Waals surface area (Å²) in [6, 6.07) is 2.08. The normalized spacial score (nSPS) is 13.5. The molecule has 0 spiro atoms. The Labute approximate surface area is 75.9 Å². The molecule has 64 valence electrons. The van der Waals surface area contributed by atoms with Gasteiger partial charge in [-0.2, -0.15) is 0 Å². The summed E-state index contributed by atoms with van der Waals surface area (Å²) in [5, 5.41) is 0. The van der Waals surface area contributed by atoms with E-state index < -0.39 is 0 Å². The molecular weight excluding hydrogens is 162 g/mol. The monoisotopic (exact) mass is 171 g/mol. The van der Waals surface area contributed by atoms with Crippen molar-refractivity contribution >= 4 is 0 Å². The topological polar surface area (TPSA) is 41.6 Å². The van der Waals surface area contributed by atoms with Gasteiger partial charge in [0.1, 0.15) is 6.33 Å². The lowest BCUT2D eigenvalue weighted by Gasteiger charge is -2.13.